The molecule has 45 heteroatoms. The number of thiocarbonyl (C=S) groups is 1. The van der Waals surface area contributed by atoms with Gasteiger partial charge in [0.2, 0.25) is 41.4 Å². The smallest absolute Gasteiger partial charge is 0.426 e. The van der Waals surface area contributed by atoms with Gasteiger partial charge in [-0.1, -0.05) is 112 Å². The predicted molar refractivity (Wildman–Crippen MR) is 440 cm³/mol. The number of phenols is 1. The number of benzene rings is 2. The third-order valence-electron chi connectivity index (χ3n) is 19.0. The van der Waals surface area contributed by atoms with E-state index in [1.54, 1.807) is 49.4 Å². The number of hydrogen-bond acceptors (Lipinski definition) is 28. The van der Waals surface area contributed by atoms with E-state index >= 15 is 4.79 Å². The molecule has 0 bridgehead atoms. The molecule has 668 valence electrons. The lowest BCUT2D eigenvalue weighted by molar-refractivity contribution is -0.161. The monoisotopic (exact) mass is 1780 g/mol. The number of carbonyl (C=O) groups is 17. The second-order valence-electron chi connectivity index (χ2n) is 28.8. The Balaban J connectivity index is 1.35. The molecule has 0 saturated carbocycles. The standard InChI is InChI=1S/C76H108N14O27S4/c1-8-15-62(100)116-40-90(69(105)63(42(5)9-2)85-67(104)54-18-13-14-31-89(54)7)55(41(3)4)37-56(117-43(6)91)68-83-52(38-119-68)66(103)78-46(34-45-19-22-47(92)23-20-45)21-26-59(95)87-88-75(114)115-32-33-120-121-39-53(72(110)111)82-64(101)50(35-44-16-11-10-12-17-44)81-65(102)51(36-61(98)99)80-58(94)27-24-48(70(106)107)79-57(93)28-25-49(71(108)109)84-74(118)86-76(77,73(112)113)30-29-60(96)97/h10-12,16-17,19-20,22-23,38,41-42,46,48-51,53-56,63,92H,8-9,13-15,18,21,24-37,39-40,77H2,1-7H3,(H,78,103)(H,79,93)(H,80,94)(H,81,102)(H,82,101)(H,85,104)(H,87,95)(H,88,114)(H,96,97)(H,98,99)(H,106,107)(H,108,109)(H,110,111)(H,112,113)(H2,84,86,118)/t42?,46-,48+,49+,50+,51+,53+,54-,55-,56-,63+,76+/m1/s1. The molecular formula is C76H108N14O27S4. The molecule has 9 amide bonds. The van der Waals surface area contributed by atoms with Crippen LogP contribution in [0.2, 0.25) is 0 Å². The van der Waals surface area contributed by atoms with Gasteiger partial charge in [0.05, 0.1) is 12.5 Å². The van der Waals surface area contributed by atoms with Gasteiger partial charge in [-0.2, -0.15) is 0 Å². The van der Waals surface area contributed by atoms with Gasteiger partial charge in [0.1, 0.15) is 59.3 Å². The van der Waals surface area contributed by atoms with E-state index in [0.29, 0.717) is 36.9 Å². The minimum Gasteiger partial charge on any atom is -0.508 e. The highest BCUT2D eigenvalue weighted by atomic mass is 33.1. The van der Waals surface area contributed by atoms with Crippen molar-refractivity contribution in [1.29, 1.82) is 0 Å². The van der Waals surface area contributed by atoms with Gasteiger partial charge in [-0.05, 0) is 106 Å². The summed E-state index contributed by atoms with van der Waals surface area (Å²) < 4.78 is 16.7. The highest BCUT2D eigenvalue weighted by molar-refractivity contribution is 8.76. The van der Waals surface area contributed by atoms with E-state index in [1.807, 2.05) is 39.6 Å². The summed E-state index contributed by atoms with van der Waals surface area (Å²) in [5.74, 6) is -18.6. The topological polar surface area (TPSA) is 625 Å². The number of piperidine rings is 1. The third-order valence-corrected chi connectivity index (χ3v) is 22.5. The van der Waals surface area contributed by atoms with Gasteiger partial charge in [0.15, 0.2) is 23.6 Å². The molecule has 1 saturated heterocycles. The first kappa shape index (κ1) is 102. The summed E-state index contributed by atoms with van der Waals surface area (Å²) in [6.07, 6.45) is -4.65. The van der Waals surface area contributed by atoms with E-state index in [2.05, 4.69) is 58.4 Å². The van der Waals surface area contributed by atoms with Gasteiger partial charge >= 0.3 is 53.8 Å². The van der Waals surface area contributed by atoms with Crippen molar-refractivity contribution in [3.05, 3.63) is 81.8 Å². The first-order valence-electron chi connectivity index (χ1n) is 38.7. The molecule has 121 heavy (non-hydrogen) atoms. The number of amides is 9. The van der Waals surface area contributed by atoms with Crippen molar-refractivity contribution >= 4 is 151 Å². The molecule has 41 nitrogen and oxygen atoms in total. The van der Waals surface area contributed by atoms with E-state index < -0.39 is 218 Å². The van der Waals surface area contributed by atoms with Crippen molar-refractivity contribution in [3.8, 4) is 5.75 Å². The SMILES string of the molecule is CCCC(=O)OCN(C(=O)[C@@H](NC(=O)[C@H]1CCCCN1C)C(C)CC)[C@H](C[C@@H](OC(C)=O)c1nc(C(=O)N[C@H](CCC(=O)NNC(=O)OCCSSC[C@H](NC(=O)[C@H](Cc2ccccc2)NC(=O)[C@H](CC(=O)O)NC(=O)CC[C@H](NC(=O)CC[C@H](NC(=S)N[C@@](N)(CCC(=O)O)C(=O)O)C(=O)O)C(=O)O)C(=O)O)Cc2ccc(O)cc2)cs1)C(C)C. The number of hydrazine groups is 1. The first-order valence-corrected chi connectivity index (χ1v) is 42.5. The molecule has 4 rings (SSSR count). The van der Waals surface area contributed by atoms with Crippen LogP contribution in [0.15, 0.2) is 60.0 Å². The maximum absolute atomic E-state index is 15.0. The normalized spacial score (nSPS) is 15.5. The summed E-state index contributed by atoms with van der Waals surface area (Å²) >= 11 is 5.96. The Morgan fingerprint density at radius 2 is 1.28 bits per heavy atom. The number of nitrogens with two attached hydrogens (primary N) is 1. The van der Waals surface area contributed by atoms with E-state index in [0.717, 1.165) is 45.8 Å². The number of aromatic hydroxyl groups is 1. The Bertz CT molecular complexity index is 4070. The molecular weight excluding hydrogens is 1670 g/mol. The van der Waals surface area contributed by atoms with Gasteiger partial charge in [-0.25, -0.2) is 34.4 Å². The number of thiazole rings is 1. The summed E-state index contributed by atoms with van der Waals surface area (Å²) in [7, 11) is 3.79. The summed E-state index contributed by atoms with van der Waals surface area (Å²) in [5, 5.41) is 88.2. The summed E-state index contributed by atoms with van der Waals surface area (Å²) in [5.41, 5.74) is 8.60. The Kier molecular flexibility index (Phi) is 44.2. The van der Waals surface area contributed by atoms with E-state index in [-0.39, 0.29) is 90.8 Å². The van der Waals surface area contributed by atoms with Crippen molar-refractivity contribution in [2.75, 3.05) is 38.4 Å². The molecule has 1 unspecified atom stereocenters. The number of nitrogens with one attached hydrogen (secondary N) is 10. The Labute approximate surface area is 714 Å². The van der Waals surface area contributed by atoms with Gasteiger partial charge in [-0.3, -0.25) is 73.6 Å². The van der Waals surface area contributed by atoms with Crippen molar-refractivity contribution in [2.24, 2.45) is 17.6 Å². The maximum Gasteiger partial charge on any atom is 0.426 e. The molecule has 0 aliphatic carbocycles. The lowest BCUT2D eigenvalue weighted by atomic mass is 9.92. The van der Waals surface area contributed by atoms with Crippen LogP contribution < -0.4 is 59.1 Å². The van der Waals surface area contributed by atoms with Gasteiger partial charge < -0.3 is 97.4 Å². The average molecular weight is 1780 g/mol. The van der Waals surface area contributed by atoms with Crippen molar-refractivity contribution in [1.82, 2.24) is 68.2 Å². The number of aliphatic carboxylic acids is 6. The third kappa shape index (κ3) is 37.2. The van der Waals surface area contributed by atoms with E-state index in [9.17, 15) is 107 Å². The number of phenolic OH excluding ortho intramolecular Hbond substituents is 1. The number of hydrogen-bond donors (Lipinski definition) is 18. The molecule has 19 N–H and O–H groups in total. The largest absolute Gasteiger partial charge is 0.508 e. The maximum atomic E-state index is 15.0. The van der Waals surface area contributed by atoms with Crippen LogP contribution in [0.3, 0.4) is 0 Å². The van der Waals surface area contributed by atoms with Gasteiger partial charge in [0, 0.05) is 87.3 Å². The Hall–Kier alpha value is -11.0. The lowest BCUT2D eigenvalue weighted by Gasteiger charge is -2.39. The number of carboxylic acids is 6. The lowest BCUT2D eigenvalue weighted by Crippen LogP contribution is -2.64. The van der Waals surface area contributed by atoms with Crippen molar-refractivity contribution < 1.29 is 131 Å². The highest BCUT2D eigenvalue weighted by Gasteiger charge is 2.42. The number of nitrogens with zero attached hydrogens (tertiary/aromatic N) is 3. The van der Waals surface area contributed by atoms with Crippen LogP contribution in [0.25, 0.3) is 0 Å². The Morgan fingerprint density at radius 3 is 1.86 bits per heavy atom. The molecule has 12 atom stereocenters. The van der Waals surface area contributed by atoms with Crippen LogP contribution in [-0.4, -0.2) is 255 Å². The number of likely N-dealkylation sites (tertiary alicyclic amines) is 1. The molecule has 2 aromatic carbocycles. The van der Waals surface area contributed by atoms with Crippen LogP contribution in [0, 0.1) is 11.8 Å². The second kappa shape index (κ2) is 52.2. The minimum atomic E-state index is -2.45. The van der Waals surface area contributed by atoms with Crippen LogP contribution in [0.1, 0.15) is 177 Å². The summed E-state index contributed by atoms with van der Waals surface area (Å²) in [6.45, 7) is 10.3. The zero-order valence-electron chi connectivity index (χ0n) is 67.8. The van der Waals surface area contributed by atoms with Gasteiger partial charge in [0.25, 0.3) is 5.91 Å². The Morgan fingerprint density at radius 1 is 0.678 bits per heavy atom. The van der Waals surface area contributed by atoms with Crippen LogP contribution in [-0.2, 0) is 99.0 Å². The number of likely N-dealkylation sites (N-methyl/N-ethyl adjacent to an activating group) is 1. The molecule has 0 radical (unpaired) electrons. The fraction of sp³-hybridized carbons (Fsp3) is 0.566. The minimum absolute atomic E-state index is 0.0275. The molecule has 1 aliphatic heterocycles. The number of aromatic nitrogens is 1. The molecule has 1 aliphatic rings. The molecule has 0 spiro atoms. The van der Waals surface area contributed by atoms with Crippen LogP contribution in [0.4, 0.5) is 4.79 Å². The van der Waals surface area contributed by atoms with Crippen molar-refractivity contribution in [2.45, 2.75) is 223 Å². The molecule has 3 aromatic rings. The quantitative estimate of drug-likeness (QED) is 0.00732. The second-order valence-corrected chi connectivity index (χ2v) is 32.8. The first-order chi connectivity index (χ1) is 57.1. The highest BCUT2D eigenvalue weighted by Crippen LogP contribution is 2.33. The molecule has 2 heterocycles. The summed E-state index contributed by atoms with van der Waals surface area (Å²) in [4.78, 5) is 228. The number of ether oxygens (including phenoxy) is 3. The van der Waals surface area contributed by atoms with Gasteiger partial charge in [-0.15, -0.1) is 11.3 Å². The fourth-order valence-electron chi connectivity index (χ4n) is 12.1. The van der Waals surface area contributed by atoms with Crippen molar-refractivity contribution in [3.63, 3.8) is 0 Å². The van der Waals surface area contributed by atoms with Crippen LogP contribution in [0.5, 0.6) is 5.75 Å². The fourth-order valence-corrected chi connectivity index (χ4v) is 15.3. The number of carbonyl (C=O) groups excluding carboxylic acids is 11. The number of carboxylic acid groups (broad SMARTS) is 6. The zero-order valence-corrected chi connectivity index (χ0v) is 71.1. The summed E-state index contributed by atoms with van der Waals surface area (Å²) in [6, 6.07) is 2.19. The predicted octanol–water partition coefficient (Wildman–Crippen LogP) is 2.18. The molecule has 1 fully saturated rings. The molecule has 1 aromatic heterocycles. The number of esters is 2. The number of rotatable bonds is 53. The van der Waals surface area contributed by atoms with E-state index in [4.69, 9.17) is 37.3 Å². The van der Waals surface area contributed by atoms with E-state index in [1.165, 1.54) is 29.3 Å². The van der Waals surface area contributed by atoms with Crippen LogP contribution >= 0.6 is 45.1 Å². The zero-order chi connectivity index (χ0) is 90.2. The average Bonchev–Trinajstić information content (AvgIpc) is 1.80.